The van der Waals surface area contributed by atoms with Crippen molar-refractivity contribution >= 4 is 38.4 Å². The molecule has 180 valence electrons. The number of para-hydroxylation sites is 2. The maximum absolute atomic E-state index is 13.8. The van der Waals surface area contributed by atoms with Crippen molar-refractivity contribution in [3.8, 4) is 11.5 Å². The lowest BCUT2D eigenvalue weighted by Gasteiger charge is -2.18. The van der Waals surface area contributed by atoms with Gasteiger partial charge in [0.2, 0.25) is 0 Å². The van der Waals surface area contributed by atoms with Gasteiger partial charge in [-0.3, -0.25) is 4.79 Å². The van der Waals surface area contributed by atoms with Crippen molar-refractivity contribution in [2.75, 3.05) is 6.26 Å². The molecule has 2 aromatic heterocycles. The molecule has 0 fully saturated rings. The van der Waals surface area contributed by atoms with Crippen LogP contribution in [-0.4, -0.2) is 40.5 Å². The van der Waals surface area contributed by atoms with Crippen molar-refractivity contribution < 1.29 is 22.0 Å². The average Bonchev–Trinajstić information content (AvgIpc) is 2.82. The maximum atomic E-state index is 13.8. The van der Waals surface area contributed by atoms with E-state index < -0.39 is 37.6 Å². The quantitative estimate of drug-likeness (QED) is 0.380. The van der Waals surface area contributed by atoms with E-state index in [1.165, 1.54) is 12.4 Å². The molecular formula is C23H18ClF2N5O3S. The van der Waals surface area contributed by atoms with Crippen LogP contribution in [0.15, 0.2) is 65.8 Å². The Labute approximate surface area is 204 Å². The van der Waals surface area contributed by atoms with Gasteiger partial charge in [-0.25, -0.2) is 28.4 Å². The lowest BCUT2D eigenvalue weighted by Crippen LogP contribution is -2.28. The predicted molar refractivity (Wildman–Crippen MR) is 126 cm³/mol. The Morgan fingerprint density at radius 3 is 2.26 bits per heavy atom. The lowest BCUT2D eigenvalue weighted by atomic mass is 10.1. The molecule has 4 aromatic rings. The van der Waals surface area contributed by atoms with Gasteiger partial charge in [-0.05, 0) is 54.9 Å². The smallest absolute Gasteiger partial charge is 0.344 e. The second-order valence-electron chi connectivity index (χ2n) is 7.73. The van der Waals surface area contributed by atoms with E-state index in [2.05, 4.69) is 25.3 Å². The maximum Gasteiger partial charge on any atom is 0.348 e. The van der Waals surface area contributed by atoms with Gasteiger partial charge in [-0.2, -0.15) is 8.78 Å². The highest BCUT2D eigenvalue weighted by molar-refractivity contribution is 7.90. The molecule has 0 aliphatic heterocycles. The highest BCUT2D eigenvalue weighted by Gasteiger charge is 2.31. The fourth-order valence-electron chi connectivity index (χ4n) is 3.36. The number of hydrogen-bond acceptors (Lipinski definition) is 7. The fraction of sp³-hybridized carbons (Fsp3) is 0.174. The zero-order chi connectivity index (χ0) is 25.4. The van der Waals surface area contributed by atoms with Crippen LogP contribution in [0.5, 0.6) is 0 Å². The molecule has 8 nitrogen and oxygen atoms in total. The molecule has 2 heterocycles. The summed E-state index contributed by atoms with van der Waals surface area (Å²) < 4.78 is 51.6. The fourth-order valence-corrected chi connectivity index (χ4v) is 4.15. The molecule has 1 N–H and O–H groups in total. The van der Waals surface area contributed by atoms with Crippen molar-refractivity contribution in [1.82, 2.24) is 25.3 Å². The molecule has 4 rings (SSSR count). The summed E-state index contributed by atoms with van der Waals surface area (Å²) in [7, 11) is -3.90. The van der Waals surface area contributed by atoms with Crippen molar-refractivity contribution in [1.29, 1.82) is 0 Å². The first-order valence-electron chi connectivity index (χ1n) is 10.2. The van der Waals surface area contributed by atoms with Crippen LogP contribution in [0.25, 0.3) is 22.6 Å². The number of amides is 1. The Kier molecular flexibility index (Phi) is 6.48. The third-order valence-electron chi connectivity index (χ3n) is 5.06. The van der Waals surface area contributed by atoms with Gasteiger partial charge >= 0.3 is 5.38 Å². The van der Waals surface area contributed by atoms with Crippen LogP contribution in [0.2, 0.25) is 0 Å². The standard InChI is InChI=1S/C23H18ClF2N5O3S/c1-13(29-22(32)14-10-15(23(24,25)26)12-16(11-14)35(2,33)34)19-20(21-27-8-5-9-28-21)31-18-7-4-3-6-17(18)30-19/h3-13H,1-2H3,(H,29,32). The molecule has 0 saturated carbocycles. The van der Waals surface area contributed by atoms with Crippen molar-refractivity contribution in [3.05, 3.63) is 77.7 Å². The number of rotatable bonds is 6. The Balaban J connectivity index is 1.76. The molecule has 0 aliphatic carbocycles. The molecule has 1 atom stereocenters. The number of fused-ring (bicyclic) bond motifs is 1. The molecule has 0 aliphatic rings. The van der Waals surface area contributed by atoms with Gasteiger partial charge in [0.1, 0.15) is 5.69 Å². The van der Waals surface area contributed by atoms with E-state index in [9.17, 15) is 22.0 Å². The molecule has 12 heteroatoms. The number of carbonyl (C=O) groups excluding carboxylic acids is 1. The van der Waals surface area contributed by atoms with Crippen molar-refractivity contribution in [2.45, 2.75) is 23.2 Å². The van der Waals surface area contributed by atoms with Crippen LogP contribution in [0.3, 0.4) is 0 Å². The Bertz CT molecular complexity index is 1530. The molecule has 0 spiro atoms. The molecule has 1 amide bonds. The Morgan fingerprint density at radius 1 is 1.03 bits per heavy atom. The van der Waals surface area contributed by atoms with E-state index in [1.807, 2.05) is 0 Å². The van der Waals surface area contributed by atoms with E-state index in [0.29, 0.717) is 22.4 Å². The number of benzene rings is 2. The first kappa shape index (κ1) is 24.6. The molecule has 0 bridgehead atoms. The van der Waals surface area contributed by atoms with Crippen molar-refractivity contribution in [2.24, 2.45) is 0 Å². The largest absolute Gasteiger partial charge is 0.348 e. The zero-order valence-electron chi connectivity index (χ0n) is 18.4. The molecule has 0 radical (unpaired) electrons. The van der Waals surface area contributed by atoms with E-state index in [0.717, 1.165) is 24.5 Å². The van der Waals surface area contributed by atoms with Crippen LogP contribution in [0, 0.1) is 0 Å². The molecule has 0 saturated heterocycles. The normalized spacial score (nSPS) is 12.9. The minimum atomic E-state index is -3.90. The SMILES string of the molecule is CC(NC(=O)c1cc(C(F)(F)Cl)cc(S(C)(=O)=O)c1)c1nc2ccccc2nc1-c1ncccn1. The highest BCUT2D eigenvalue weighted by atomic mass is 35.5. The molecule has 2 aromatic carbocycles. The lowest BCUT2D eigenvalue weighted by molar-refractivity contribution is 0.0925. The first-order chi connectivity index (χ1) is 16.4. The third kappa shape index (κ3) is 5.41. The summed E-state index contributed by atoms with van der Waals surface area (Å²) in [6.45, 7) is 1.63. The van der Waals surface area contributed by atoms with Gasteiger partial charge in [0.15, 0.2) is 15.7 Å². The Hall–Kier alpha value is -3.57. The van der Waals surface area contributed by atoms with Gasteiger partial charge in [0.05, 0.1) is 27.7 Å². The number of aromatic nitrogens is 4. The summed E-state index contributed by atoms with van der Waals surface area (Å²) in [6, 6.07) is 10.6. The highest BCUT2D eigenvalue weighted by Crippen LogP contribution is 2.34. The third-order valence-corrected chi connectivity index (χ3v) is 6.37. The average molecular weight is 518 g/mol. The van der Waals surface area contributed by atoms with Gasteiger partial charge in [-0.15, -0.1) is 0 Å². The van der Waals surface area contributed by atoms with Crippen molar-refractivity contribution in [3.63, 3.8) is 0 Å². The van der Waals surface area contributed by atoms with Gasteiger partial charge in [0.25, 0.3) is 5.91 Å². The number of nitrogens with one attached hydrogen (secondary N) is 1. The van der Waals surface area contributed by atoms with Crippen LogP contribution < -0.4 is 5.32 Å². The topological polar surface area (TPSA) is 115 Å². The predicted octanol–water partition coefficient (Wildman–Crippen LogP) is 4.27. The van der Waals surface area contributed by atoms with E-state index in [-0.39, 0.29) is 11.4 Å². The molecular weight excluding hydrogens is 500 g/mol. The van der Waals surface area contributed by atoms with Gasteiger partial charge in [0, 0.05) is 29.8 Å². The number of alkyl halides is 3. The van der Waals surface area contributed by atoms with Gasteiger partial charge in [-0.1, -0.05) is 12.1 Å². The number of sulfone groups is 1. The summed E-state index contributed by atoms with van der Waals surface area (Å²) in [5, 5.41) is -1.21. The summed E-state index contributed by atoms with van der Waals surface area (Å²) in [5.41, 5.74) is 0.698. The number of carbonyl (C=O) groups is 1. The summed E-state index contributed by atoms with van der Waals surface area (Å²) >= 11 is 5.11. The van der Waals surface area contributed by atoms with E-state index >= 15 is 0 Å². The minimum absolute atomic E-state index is 0.282. The zero-order valence-corrected chi connectivity index (χ0v) is 20.0. The summed E-state index contributed by atoms with van der Waals surface area (Å²) in [4.78, 5) is 30.2. The van der Waals surface area contributed by atoms with E-state index in [1.54, 1.807) is 37.3 Å². The minimum Gasteiger partial charge on any atom is -0.344 e. The Morgan fingerprint density at radius 2 is 1.66 bits per heavy atom. The van der Waals surface area contributed by atoms with Crippen LogP contribution in [0.1, 0.15) is 34.6 Å². The molecule has 1 unspecified atom stereocenters. The molecule has 35 heavy (non-hydrogen) atoms. The second-order valence-corrected chi connectivity index (χ2v) is 10.2. The van der Waals surface area contributed by atoms with Crippen LogP contribution >= 0.6 is 11.6 Å². The van der Waals surface area contributed by atoms with Crippen LogP contribution in [-0.2, 0) is 15.2 Å². The summed E-state index contributed by atoms with van der Waals surface area (Å²) in [6.07, 6.45) is 3.92. The van der Waals surface area contributed by atoms with Crippen LogP contribution in [0.4, 0.5) is 8.78 Å². The monoisotopic (exact) mass is 517 g/mol. The number of nitrogens with zero attached hydrogens (tertiary/aromatic N) is 4. The van der Waals surface area contributed by atoms with Gasteiger partial charge < -0.3 is 5.32 Å². The second kappa shape index (κ2) is 9.23. The number of halogens is 3. The summed E-state index contributed by atoms with van der Waals surface area (Å²) in [5.74, 6) is -0.523. The number of hydrogen-bond donors (Lipinski definition) is 1. The first-order valence-corrected chi connectivity index (χ1v) is 12.5. The van der Waals surface area contributed by atoms with E-state index in [4.69, 9.17) is 11.6 Å².